The molecule has 26 heavy (non-hydrogen) atoms. The Morgan fingerprint density at radius 3 is 1.96 bits per heavy atom. The fraction of sp³-hybridized carbons (Fsp3) is 0.667. The molecular formula is C15H19NO9S. The highest BCUT2D eigenvalue weighted by molar-refractivity contribution is 7.80. The highest BCUT2D eigenvalue weighted by atomic mass is 32.1. The average molecular weight is 389 g/mol. The summed E-state index contributed by atoms with van der Waals surface area (Å²) in [6.07, 6.45) is -5.37. The van der Waals surface area contributed by atoms with Crippen molar-refractivity contribution in [2.45, 2.75) is 58.4 Å². The van der Waals surface area contributed by atoms with Gasteiger partial charge in [0.25, 0.3) is 5.17 Å². The van der Waals surface area contributed by atoms with Crippen LogP contribution in [0.4, 0.5) is 0 Å². The van der Waals surface area contributed by atoms with E-state index in [-0.39, 0.29) is 17.6 Å². The Morgan fingerprint density at radius 2 is 1.50 bits per heavy atom. The van der Waals surface area contributed by atoms with E-state index in [1.54, 1.807) is 0 Å². The van der Waals surface area contributed by atoms with Crippen LogP contribution in [0.5, 0.6) is 0 Å². The predicted molar refractivity (Wildman–Crippen MR) is 86.4 cm³/mol. The third kappa shape index (κ3) is 4.47. The minimum absolute atomic E-state index is 0.0485. The van der Waals surface area contributed by atoms with Gasteiger partial charge in [-0.25, -0.2) is 0 Å². The number of amides is 1. The van der Waals surface area contributed by atoms with E-state index in [9.17, 15) is 19.2 Å². The van der Waals surface area contributed by atoms with Gasteiger partial charge in [-0.1, -0.05) is 0 Å². The molecule has 2 saturated heterocycles. The molecule has 1 amide bonds. The zero-order valence-electron chi connectivity index (χ0n) is 14.6. The van der Waals surface area contributed by atoms with Gasteiger partial charge in [-0.15, -0.1) is 0 Å². The third-order valence-corrected chi connectivity index (χ3v) is 3.99. The van der Waals surface area contributed by atoms with Crippen LogP contribution in [0, 0.1) is 0 Å². The second kappa shape index (κ2) is 7.96. The zero-order valence-corrected chi connectivity index (χ0v) is 15.4. The molecule has 2 aliphatic heterocycles. The lowest BCUT2D eigenvalue weighted by Gasteiger charge is -2.24. The molecule has 0 aliphatic carbocycles. The van der Waals surface area contributed by atoms with Crippen molar-refractivity contribution >= 4 is 41.2 Å². The van der Waals surface area contributed by atoms with E-state index in [1.807, 2.05) is 0 Å². The molecule has 0 aromatic rings. The minimum Gasteiger partial charge on any atom is -0.462 e. The van der Waals surface area contributed by atoms with Crippen LogP contribution in [0.2, 0.25) is 0 Å². The van der Waals surface area contributed by atoms with Crippen LogP contribution in [0.3, 0.4) is 0 Å². The first kappa shape index (κ1) is 20.0. The summed E-state index contributed by atoms with van der Waals surface area (Å²) >= 11 is 5.00. The highest BCUT2D eigenvalue weighted by Gasteiger charge is 2.56. The fourth-order valence-corrected chi connectivity index (χ4v) is 3.09. The molecule has 0 aromatic heterocycles. The van der Waals surface area contributed by atoms with Gasteiger partial charge in [-0.2, -0.15) is 0 Å². The Hall–Kier alpha value is -2.27. The van der Waals surface area contributed by atoms with Crippen LogP contribution in [0.1, 0.15) is 27.7 Å². The first-order valence-corrected chi connectivity index (χ1v) is 8.16. The van der Waals surface area contributed by atoms with Gasteiger partial charge in [0.05, 0.1) is 6.54 Å². The fourth-order valence-electron chi connectivity index (χ4n) is 2.76. The summed E-state index contributed by atoms with van der Waals surface area (Å²) in [4.78, 5) is 47.1. The van der Waals surface area contributed by atoms with E-state index in [2.05, 4.69) is 0 Å². The summed E-state index contributed by atoms with van der Waals surface area (Å²) in [6, 6.07) is 0. The molecule has 0 radical (unpaired) electrons. The van der Waals surface area contributed by atoms with Gasteiger partial charge in [-0.05, 0) is 12.2 Å². The Balaban J connectivity index is 2.28. The molecule has 0 spiro atoms. The summed E-state index contributed by atoms with van der Waals surface area (Å²) in [5.41, 5.74) is 0. The lowest BCUT2D eigenvalue weighted by atomic mass is 10.1. The van der Waals surface area contributed by atoms with Gasteiger partial charge >= 0.3 is 17.9 Å². The van der Waals surface area contributed by atoms with Gasteiger partial charge < -0.3 is 23.7 Å². The van der Waals surface area contributed by atoms with E-state index in [0.29, 0.717) is 0 Å². The van der Waals surface area contributed by atoms with Crippen LogP contribution >= 0.6 is 12.2 Å². The van der Waals surface area contributed by atoms with Crippen LogP contribution in [-0.2, 0) is 42.9 Å². The SMILES string of the molecule is CC(=O)O[C@@H]1O[C@@H]([C@H]2CN(C(C)=O)C(=S)O2)[C@H](OC(C)=O)[C@H]1OC(C)=O. The van der Waals surface area contributed by atoms with E-state index < -0.39 is 48.6 Å². The van der Waals surface area contributed by atoms with Gasteiger partial charge in [0.2, 0.25) is 18.3 Å². The minimum atomic E-state index is -1.30. The largest absolute Gasteiger partial charge is 0.462 e. The maximum Gasteiger partial charge on any atom is 0.305 e. The van der Waals surface area contributed by atoms with Crippen molar-refractivity contribution in [2.24, 2.45) is 0 Å². The van der Waals surface area contributed by atoms with E-state index in [1.165, 1.54) is 18.7 Å². The molecule has 0 aromatic carbocycles. The standard InChI is InChI=1S/C15H19NO9S/c1-6(17)16-5-10(24-15(16)26)11-12(21-7(2)18)13(22-8(3)19)14(25-11)23-9(4)20/h10-14H,5H2,1-4H3/t10-,11+,12+,13-,14-/m1/s1. The predicted octanol–water partition coefficient (Wildman–Crippen LogP) is -0.330. The quantitative estimate of drug-likeness (QED) is 0.359. The number of hydrogen-bond acceptors (Lipinski definition) is 10. The highest BCUT2D eigenvalue weighted by Crippen LogP contribution is 2.33. The topological polar surface area (TPSA) is 118 Å². The summed E-state index contributed by atoms with van der Waals surface area (Å²) in [6.45, 7) is 4.85. The molecule has 0 bridgehead atoms. The molecule has 5 atom stereocenters. The number of ether oxygens (including phenoxy) is 5. The van der Waals surface area contributed by atoms with Crippen molar-refractivity contribution in [1.29, 1.82) is 0 Å². The maximum atomic E-state index is 11.6. The molecule has 0 saturated carbocycles. The molecule has 10 nitrogen and oxygen atoms in total. The number of carbonyl (C=O) groups is 4. The van der Waals surface area contributed by atoms with Crippen molar-refractivity contribution in [3.63, 3.8) is 0 Å². The van der Waals surface area contributed by atoms with Crippen LogP contribution in [0.15, 0.2) is 0 Å². The summed E-state index contributed by atoms with van der Waals surface area (Å²) in [7, 11) is 0. The monoisotopic (exact) mass is 389 g/mol. The number of hydrogen-bond donors (Lipinski definition) is 0. The van der Waals surface area contributed by atoms with Crippen LogP contribution in [-0.4, -0.2) is 71.1 Å². The summed E-state index contributed by atoms with van der Waals surface area (Å²) < 4.78 is 26.5. The van der Waals surface area contributed by atoms with Crippen molar-refractivity contribution in [3.05, 3.63) is 0 Å². The Morgan fingerprint density at radius 1 is 0.962 bits per heavy atom. The molecule has 11 heteroatoms. The number of thiocarbonyl (C=S) groups is 1. The van der Waals surface area contributed by atoms with Gasteiger partial charge in [0.1, 0.15) is 12.2 Å². The lowest BCUT2D eigenvalue weighted by Crippen LogP contribution is -2.45. The molecule has 0 N–H and O–H groups in total. The Labute approximate surface area is 154 Å². The molecule has 0 unspecified atom stereocenters. The summed E-state index contributed by atoms with van der Waals surface area (Å²) in [5, 5.41) is -0.0485. The second-order valence-electron chi connectivity index (χ2n) is 5.78. The average Bonchev–Trinajstić information content (AvgIpc) is 3.01. The molecule has 2 fully saturated rings. The van der Waals surface area contributed by atoms with Crippen molar-refractivity contribution in [1.82, 2.24) is 4.90 Å². The molecule has 2 heterocycles. The van der Waals surface area contributed by atoms with Gasteiger partial charge in [0, 0.05) is 27.7 Å². The van der Waals surface area contributed by atoms with Crippen molar-refractivity contribution < 1.29 is 42.9 Å². The van der Waals surface area contributed by atoms with Crippen molar-refractivity contribution in [3.8, 4) is 0 Å². The summed E-state index contributed by atoms with van der Waals surface area (Å²) in [5.74, 6) is -2.34. The Bertz CT molecular complexity index is 637. The zero-order chi connectivity index (χ0) is 19.6. The lowest BCUT2D eigenvalue weighted by molar-refractivity contribution is -0.197. The third-order valence-electron chi connectivity index (χ3n) is 3.67. The Kier molecular flexibility index (Phi) is 6.13. The number of nitrogens with zero attached hydrogens (tertiary/aromatic N) is 1. The smallest absolute Gasteiger partial charge is 0.305 e. The van der Waals surface area contributed by atoms with Crippen LogP contribution < -0.4 is 0 Å². The molecule has 144 valence electrons. The van der Waals surface area contributed by atoms with Crippen LogP contribution in [0.25, 0.3) is 0 Å². The van der Waals surface area contributed by atoms with Gasteiger partial charge in [0.15, 0.2) is 6.10 Å². The molecule has 2 aliphatic rings. The van der Waals surface area contributed by atoms with Gasteiger partial charge in [-0.3, -0.25) is 24.1 Å². The number of carbonyl (C=O) groups excluding carboxylic acids is 4. The normalized spacial score (nSPS) is 30.5. The van der Waals surface area contributed by atoms with E-state index in [4.69, 9.17) is 35.9 Å². The van der Waals surface area contributed by atoms with E-state index in [0.717, 1.165) is 13.8 Å². The maximum absolute atomic E-state index is 11.6. The molecular weight excluding hydrogens is 370 g/mol. The number of rotatable bonds is 4. The molecule has 2 rings (SSSR count). The first-order valence-electron chi connectivity index (χ1n) is 7.76. The van der Waals surface area contributed by atoms with Crippen molar-refractivity contribution in [2.75, 3.05) is 6.54 Å². The second-order valence-corrected chi connectivity index (χ2v) is 6.13. The number of esters is 3. The first-order chi connectivity index (χ1) is 12.1. The van der Waals surface area contributed by atoms with E-state index >= 15 is 0 Å².